The summed E-state index contributed by atoms with van der Waals surface area (Å²) in [7, 11) is -3.70. The first-order valence-corrected chi connectivity index (χ1v) is 8.66. The van der Waals surface area contributed by atoms with Crippen molar-refractivity contribution in [3.63, 3.8) is 0 Å². The van der Waals surface area contributed by atoms with Gasteiger partial charge in [-0.05, 0) is 0 Å². The molecule has 1 saturated heterocycles. The van der Waals surface area contributed by atoms with Gasteiger partial charge in [-0.3, -0.25) is 9.78 Å². The SMILES string of the molecule is CS(=O)(=O)c1cn([C@H]2C[C@H](O)[C@@H](CO)O2)c2nc(N)[nH]c(=O)c12. The van der Waals surface area contributed by atoms with E-state index in [2.05, 4.69) is 9.97 Å². The Kier molecular flexibility index (Phi) is 3.67. The van der Waals surface area contributed by atoms with Crippen molar-refractivity contribution < 1.29 is 23.4 Å². The second-order valence-electron chi connectivity index (χ2n) is 5.44. The standard InChI is InChI=1S/C12H16N4O6S/c1-23(20,21)7-3-16(8-2-5(18)6(4-17)22-8)10-9(7)11(19)15-12(13)14-10/h3,5-6,8,17-18H,2,4H2,1H3,(H3,13,14,15,19)/t5-,6+,8+/m0/s1. The van der Waals surface area contributed by atoms with Gasteiger partial charge in [0, 0.05) is 18.9 Å². The number of ether oxygens (including phenoxy) is 1. The highest BCUT2D eigenvalue weighted by Crippen LogP contribution is 2.33. The number of hydrogen-bond donors (Lipinski definition) is 4. The predicted molar refractivity (Wildman–Crippen MR) is 79.5 cm³/mol. The monoisotopic (exact) mass is 344 g/mol. The van der Waals surface area contributed by atoms with Crippen molar-refractivity contribution in [2.45, 2.75) is 29.8 Å². The van der Waals surface area contributed by atoms with Gasteiger partial charge in [0.2, 0.25) is 5.95 Å². The zero-order valence-corrected chi connectivity index (χ0v) is 12.9. The molecule has 0 radical (unpaired) electrons. The Morgan fingerprint density at radius 2 is 2.26 bits per heavy atom. The van der Waals surface area contributed by atoms with E-state index in [-0.39, 0.29) is 34.9 Å². The Hall–Kier alpha value is -1.95. The molecule has 3 rings (SSSR count). The molecule has 0 spiro atoms. The minimum atomic E-state index is -3.70. The number of hydrogen-bond acceptors (Lipinski definition) is 8. The highest BCUT2D eigenvalue weighted by atomic mass is 32.2. The fraction of sp³-hybridized carbons (Fsp3) is 0.500. The van der Waals surface area contributed by atoms with Crippen molar-refractivity contribution in [3.05, 3.63) is 16.6 Å². The average molecular weight is 344 g/mol. The summed E-state index contributed by atoms with van der Waals surface area (Å²) in [5.41, 5.74) is 4.90. The molecule has 3 heterocycles. The van der Waals surface area contributed by atoms with Crippen molar-refractivity contribution in [1.82, 2.24) is 14.5 Å². The van der Waals surface area contributed by atoms with Gasteiger partial charge in [-0.2, -0.15) is 4.98 Å². The van der Waals surface area contributed by atoms with E-state index in [1.807, 2.05) is 0 Å². The Bertz CT molecular complexity index is 918. The Balaban J connectivity index is 2.25. The quantitative estimate of drug-likeness (QED) is 0.515. The number of aliphatic hydroxyl groups is 2. The predicted octanol–water partition coefficient (Wildman–Crippen LogP) is -1.65. The van der Waals surface area contributed by atoms with Crippen LogP contribution in [0.1, 0.15) is 12.6 Å². The number of aliphatic hydroxyl groups excluding tert-OH is 2. The van der Waals surface area contributed by atoms with Gasteiger partial charge in [0.15, 0.2) is 15.5 Å². The number of aromatic nitrogens is 3. The lowest BCUT2D eigenvalue weighted by molar-refractivity contribution is -0.0431. The molecule has 0 aromatic carbocycles. The molecule has 0 amide bonds. The van der Waals surface area contributed by atoms with Crippen LogP contribution >= 0.6 is 0 Å². The van der Waals surface area contributed by atoms with Crippen LogP contribution in [0.3, 0.4) is 0 Å². The minimum absolute atomic E-state index is 0.0439. The second-order valence-corrected chi connectivity index (χ2v) is 7.42. The van der Waals surface area contributed by atoms with E-state index in [1.165, 1.54) is 10.8 Å². The molecule has 2 aromatic heterocycles. The van der Waals surface area contributed by atoms with Gasteiger partial charge in [0.25, 0.3) is 5.56 Å². The number of rotatable bonds is 3. The molecule has 0 saturated carbocycles. The van der Waals surface area contributed by atoms with E-state index in [9.17, 15) is 18.3 Å². The molecule has 1 fully saturated rings. The maximum absolute atomic E-state index is 12.1. The third-order valence-electron chi connectivity index (χ3n) is 3.76. The summed E-state index contributed by atoms with van der Waals surface area (Å²) in [6, 6.07) is 0. The lowest BCUT2D eigenvalue weighted by Gasteiger charge is -2.14. The normalized spacial score (nSPS) is 25.3. The molecule has 1 aliphatic rings. The van der Waals surface area contributed by atoms with Crippen LogP contribution in [0.4, 0.5) is 5.95 Å². The Morgan fingerprint density at radius 3 is 2.83 bits per heavy atom. The fourth-order valence-corrected chi connectivity index (χ4v) is 3.55. The van der Waals surface area contributed by atoms with Crippen molar-refractivity contribution in [3.8, 4) is 0 Å². The lowest BCUT2D eigenvalue weighted by atomic mass is 10.2. The fourth-order valence-electron chi connectivity index (χ4n) is 2.69. The highest BCUT2D eigenvalue weighted by molar-refractivity contribution is 7.91. The van der Waals surface area contributed by atoms with Gasteiger partial charge >= 0.3 is 0 Å². The van der Waals surface area contributed by atoms with E-state index in [1.54, 1.807) is 0 Å². The van der Waals surface area contributed by atoms with Crippen LogP contribution in [0.2, 0.25) is 0 Å². The number of nitrogen functional groups attached to an aromatic ring is 1. The molecule has 0 aliphatic carbocycles. The summed E-state index contributed by atoms with van der Waals surface area (Å²) in [4.78, 5) is 18.1. The van der Waals surface area contributed by atoms with Crippen LogP contribution in [0.15, 0.2) is 15.9 Å². The number of aromatic amines is 1. The molecule has 0 unspecified atom stereocenters. The summed E-state index contributed by atoms with van der Waals surface area (Å²) in [6.07, 6.45) is -0.149. The molecular formula is C12H16N4O6S. The maximum Gasteiger partial charge on any atom is 0.263 e. The molecular weight excluding hydrogens is 328 g/mol. The Labute approximate surface area is 130 Å². The van der Waals surface area contributed by atoms with Gasteiger partial charge in [-0.15, -0.1) is 0 Å². The average Bonchev–Trinajstić information content (AvgIpc) is 2.98. The first kappa shape index (κ1) is 15.9. The van der Waals surface area contributed by atoms with E-state index in [0.29, 0.717) is 0 Å². The Morgan fingerprint density at radius 1 is 1.57 bits per heavy atom. The number of nitrogens with one attached hydrogen (secondary N) is 1. The van der Waals surface area contributed by atoms with Gasteiger partial charge in [-0.1, -0.05) is 0 Å². The van der Waals surface area contributed by atoms with Crippen molar-refractivity contribution in [1.29, 1.82) is 0 Å². The topological polar surface area (TPSA) is 161 Å². The zero-order valence-electron chi connectivity index (χ0n) is 12.1. The number of nitrogens with zero attached hydrogens (tertiary/aromatic N) is 2. The molecule has 1 aliphatic heterocycles. The second kappa shape index (κ2) is 5.30. The summed E-state index contributed by atoms with van der Waals surface area (Å²) in [5.74, 6) is -0.167. The van der Waals surface area contributed by atoms with Gasteiger partial charge < -0.3 is 25.3 Å². The van der Waals surface area contributed by atoms with E-state index in [0.717, 1.165) is 6.26 Å². The molecule has 5 N–H and O–H groups in total. The van der Waals surface area contributed by atoms with E-state index < -0.39 is 33.8 Å². The van der Waals surface area contributed by atoms with Crippen LogP contribution in [0.25, 0.3) is 11.0 Å². The number of anilines is 1. The van der Waals surface area contributed by atoms with Crippen LogP contribution in [-0.2, 0) is 14.6 Å². The summed E-state index contributed by atoms with van der Waals surface area (Å²) in [5, 5.41) is 18.9. The molecule has 2 aromatic rings. The van der Waals surface area contributed by atoms with Crippen molar-refractivity contribution >= 4 is 26.8 Å². The molecule has 10 nitrogen and oxygen atoms in total. The molecule has 23 heavy (non-hydrogen) atoms. The van der Waals surface area contributed by atoms with Crippen LogP contribution < -0.4 is 11.3 Å². The number of H-pyrrole nitrogens is 1. The third kappa shape index (κ3) is 2.61. The van der Waals surface area contributed by atoms with Crippen molar-refractivity contribution in [2.75, 3.05) is 18.6 Å². The highest BCUT2D eigenvalue weighted by Gasteiger charge is 2.36. The van der Waals surface area contributed by atoms with Crippen molar-refractivity contribution in [2.24, 2.45) is 0 Å². The minimum Gasteiger partial charge on any atom is -0.394 e. The van der Waals surface area contributed by atoms with E-state index in [4.69, 9.17) is 15.6 Å². The molecule has 0 bridgehead atoms. The first-order chi connectivity index (χ1) is 10.7. The van der Waals surface area contributed by atoms with Gasteiger partial charge in [0.05, 0.1) is 17.6 Å². The van der Waals surface area contributed by atoms with Crippen LogP contribution in [0.5, 0.6) is 0 Å². The zero-order chi connectivity index (χ0) is 16.9. The molecule has 11 heteroatoms. The number of sulfone groups is 1. The summed E-state index contributed by atoms with van der Waals surface area (Å²) in [6.45, 7) is -0.383. The third-order valence-corrected chi connectivity index (χ3v) is 4.87. The summed E-state index contributed by atoms with van der Waals surface area (Å²) < 4.78 is 30.7. The molecule has 3 atom stereocenters. The summed E-state index contributed by atoms with van der Waals surface area (Å²) >= 11 is 0. The van der Waals surface area contributed by atoms with Crippen LogP contribution in [0, 0.1) is 0 Å². The lowest BCUT2D eigenvalue weighted by Crippen LogP contribution is -2.24. The smallest absolute Gasteiger partial charge is 0.263 e. The number of fused-ring (bicyclic) bond motifs is 1. The van der Waals surface area contributed by atoms with Crippen LogP contribution in [-0.4, -0.2) is 58.2 Å². The number of nitrogens with two attached hydrogens (primary N) is 1. The van der Waals surface area contributed by atoms with E-state index >= 15 is 0 Å². The van der Waals surface area contributed by atoms with Gasteiger partial charge in [0.1, 0.15) is 17.7 Å². The van der Waals surface area contributed by atoms with Gasteiger partial charge in [-0.25, -0.2) is 8.42 Å². The maximum atomic E-state index is 12.1. The largest absolute Gasteiger partial charge is 0.394 e. The molecule has 126 valence electrons. The first-order valence-electron chi connectivity index (χ1n) is 6.77.